The summed E-state index contributed by atoms with van der Waals surface area (Å²) in [6, 6.07) is 4.43. The van der Waals surface area contributed by atoms with E-state index in [9.17, 15) is 4.39 Å². The van der Waals surface area contributed by atoms with Crippen LogP contribution in [-0.2, 0) is 0 Å². The molecule has 0 atom stereocenters. The van der Waals surface area contributed by atoms with Crippen LogP contribution >= 0.6 is 0 Å². The number of nitrogens with zero attached hydrogens (tertiary/aromatic N) is 2. The number of aryl methyl sites for hydroxylation is 1. The Morgan fingerprint density at radius 3 is 2.75 bits per heavy atom. The van der Waals surface area contributed by atoms with Crippen molar-refractivity contribution < 1.29 is 4.39 Å². The monoisotopic (exact) mass is 162 g/mol. The summed E-state index contributed by atoms with van der Waals surface area (Å²) in [6.45, 7) is 4.92. The van der Waals surface area contributed by atoms with Crippen LogP contribution in [0.25, 0.3) is 0 Å². The molecule has 0 unspecified atom stereocenters. The molecule has 1 aromatic rings. The van der Waals surface area contributed by atoms with E-state index in [1.807, 2.05) is 6.07 Å². The van der Waals surface area contributed by atoms with Crippen LogP contribution in [-0.4, -0.2) is 6.72 Å². The van der Waals surface area contributed by atoms with Gasteiger partial charge in [-0.2, -0.15) is 5.26 Å². The number of rotatable bonds is 1. The second-order valence-corrected chi connectivity index (χ2v) is 2.39. The third kappa shape index (κ3) is 1.32. The summed E-state index contributed by atoms with van der Waals surface area (Å²) in [4.78, 5) is 3.55. The Hall–Kier alpha value is -1.69. The number of benzene rings is 1. The van der Waals surface area contributed by atoms with Gasteiger partial charge in [-0.25, -0.2) is 4.39 Å². The molecule has 0 aliphatic rings. The molecule has 0 N–H and O–H groups in total. The third-order valence-electron chi connectivity index (χ3n) is 1.56. The maximum Gasteiger partial charge on any atom is 0.125 e. The molecule has 0 aliphatic carbocycles. The standard InChI is InChI=1S/C9H7FN2/c1-6-3-7(10)4-9(12-2)8(6)5-11/h3-4H,2H2,1H3. The average molecular weight is 162 g/mol. The summed E-state index contributed by atoms with van der Waals surface area (Å²) in [5, 5.41) is 8.66. The molecule has 0 radical (unpaired) electrons. The minimum absolute atomic E-state index is 0.301. The molecule has 3 heteroatoms. The fraction of sp³-hybridized carbons (Fsp3) is 0.111. The van der Waals surface area contributed by atoms with Gasteiger partial charge in [0.2, 0.25) is 0 Å². The second kappa shape index (κ2) is 3.14. The first-order chi connectivity index (χ1) is 5.69. The van der Waals surface area contributed by atoms with Gasteiger partial charge in [0.15, 0.2) is 0 Å². The van der Waals surface area contributed by atoms with Crippen LogP contribution in [0.2, 0.25) is 0 Å². The Morgan fingerprint density at radius 1 is 1.58 bits per heavy atom. The van der Waals surface area contributed by atoms with Gasteiger partial charge in [0, 0.05) is 6.07 Å². The van der Waals surface area contributed by atoms with Gasteiger partial charge in [0.25, 0.3) is 0 Å². The number of hydrogen-bond donors (Lipinski definition) is 0. The SMILES string of the molecule is C=Nc1cc(F)cc(C)c1C#N. The van der Waals surface area contributed by atoms with E-state index < -0.39 is 5.82 Å². The molecule has 1 rings (SSSR count). The van der Waals surface area contributed by atoms with Crippen LogP contribution in [0.1, 0.15) is 11.1 Å². The van der Waals surface area contributed by atoms with E-state index in [0.717, 1.165) is 0 Å². The highest BCUT2D eigenvalue weighted by Crippen LogP contribution is 2.22. The second-order valence-electron chi connectivity index (χ2n) is 2.39. The molecule has 1 aromatic carbocycles. The fourth-order valence-corrected chi connectivity index (χ4v) is 0.996. The van der Waals surface area contributed by atoms with Gasteiger partial charge in [-0.15, -0.1) is 0 Å². The van der Waals surface area contributed by atoms with E-state index in [1.165, 1.54) is 12.1 Å². The van der Waals surface area contributed by atoms with Crippen LogP contribution in [0.3, 0.4) is 0 Å². The van der Waals surface area contributed by atoms with Crippen molar-refractivity contribution in [1.29, 1.82) is 5.26 Å². The first-order valence-corrected chi connectivity index (χ1v) is 3.36. The van der Waals surface area contributed by atoms with E-state index >= 15 is 0 Å². The van der Waals surface area contributed by atoms with Crippen LogP contribution in [0.4, 0.5) is 10.1 Å². The Morgan fingerprint density at radius 2 is 2.25 bits per heavy atom. The van der Waals surface area contributed by atoms with E-state index in [2.05, 4.69) is 11.7 Å². The maximum absolute atomic E-state index is 12.7. The lowest BCUT2D eigenvalue weighted by Crippen LogP contribution is -1.85. The predicted octanol–water partition coefficient (Wildman–Crippen LogP) is 2.34. The van der Waals surface area contributed by atoms with Crippen LogP contribution in [0.5, 0.6) is 0 Å². The van der Waals surface area contributed by atoms with Gasteiger partial charge in [0.1, 0.15) is 11.9 Å². The van der Waals surface area contributed by atoms with Crippen molar-refractivity contribution >= 4 is 12.4 Å². The molecule has 0 aliphatic heterocycles. The molecular formula is C9H7FN2. The number of nitriles is 1. The highest BCUT2D eigenvalue weighted by Gasteiger charge is 2.05. The molecule has 0 aromatic heterocycles. The maximum atomic E-state index is 12.7. The van der Waals surface area contributed by atoms with E-state index in [1.54, 1.807) is 6.92 Å². The third-order valence-corrected chi connectivity index (χ3v) is 1.56. The predicted molar refractivity (Wildman–Crippen MR) is 45.1 cm³/mol. The Labute approximate surface area is 70.0 Å². The quantitative estimate of drug-likeness (QED) is 0.584. The molecule has 60 valence electrons. The molecular weight excluding hydrogens is 155 g/mol. The van der Waals surface area contributed by atoms with E-state index in [0.29, 0.717) is 16.8 Å². The highest BCUT2D eigenvalue weighted by molar-refractivity contribution is 5.60. The molecule has 0 spiro atoms. The molecule has 0 heterocycles. The highest BCUT2D eigenvalue weighted by atomic mass is 19.1. The summed E-state index contributed by atoms with van der Waals surface area (Å²) < 4.78 is 12.7. The topological polar surface area (TPSA) is 36.1 Å². The summed E-state index contributed by atoms with van der Waals surface area (Å²) in [7, 11) is 0. The van der Waals surface area contributed by atoms with Crippen LogP contribution in [0, 0.1) is 24.1 Å². The summed E-state index contributed by atoms with van der Waals surface area (Å²) in [5.41, 5.74) is 1.27. The Balaban J connectivity index is 3.46. The molecule has 2 nitrogen and oxygen atoms in total. The Bertz CT molecular complexity index is 364. The number of aliphatic imine (C=N–C) groups is 1. The van der Waals surface area contributed by atoms with Crippen molar-refractivity contribution in [3.05, 3.63) is 29.1 Å². The zero-order valence-electron chi connectivity index (χ0n) is 6.63. The minimum Gasteiger partial charge on any atom is -0.263 e. The van der Waals surface area contributed by atoms with Gasteiger partial charge < -0.3 is 0 Å². The Kier molecular flexibility index (Phi) is 2.20. The summed E-state index contributed by atoms with van der Waals surface area (Å²) >= 11 is 0. The zero-order chi connectivity index (χ0) is 9.14. The average Bonchev–Trinajstić information content (AvgIpc) is 2.03. The summed E-state index contributed by atoms with van der Waals surface area (Å²) in [6.07, 6.45) is 0. The van der Waals surface area contributed by atoms with Crippen molar-refractivity contribution in [3.63, 3.8) is 0 Å². The first kappa shape index (κ1) is 8.41. The largest absolute Gasteiger partial charge is 0.263 e. The van der Waals surface area contributed by atoms with Gasteiger partial charge >= 0.3 is 0 Å². The summed E-state index contributed by atoms with van der Waals surface area (Å²) in [5.74, 6) is -0.395. The number of hydrogen-bond acceptors (Lipinski definition) is 2. The normalized spacial score (nSPS) is 9.08. The van der Waals surface area contributed by atoms with Gasteiger partial charge in [-0.1, -0.05) is 0 Å². The van der Waals surface area contributed by atoms with Crippen molar-refractivity contribution in [2.75, 3.05) is 0 Å². The molecule has 0 saturated heterocycles. The van der Waals surface area contributed by atoms with E-state index in [4.69, 9.17) is 5.26 Å². The lowest BCUT2D eigenvalue weighted by atomic mass is 10.1. The van der Waals surface area contributed by atoms with Crippen molar-refractivity contribution in [3.8, 4) is 6.07 Å². The van der Waals surface area contributed by atoms with Crippen LogP contribution in [0.15, 0.2) is 17.1 Å². The molecule has 0 saturated carbocycles. The lowest BCUT2D eigenvalue weighted by molar-refractivity contribution is 0.627. The van der Waals surface area contributed by atoms with Crippen LogP contribution < -0.4 is 0 Å². The van der Waals surface area contributed by atoms with Crippen molar-refractivity contribution in [2.45, 2.75) is 6.92 Å². The lowest BCUT2D eigenvalue weighted by Gasteiger charge is -2.00. The first-order valence-electron chi connectivity index (χ1n) is 3.36. The molecule has 0 amide bonds. The zero-order valence-corrected chi connectivity index (χ0v) is 6.63. The van der Waals surface area contributed by atoms with Crippen molar-refractivity contribution in [1.82, 2.24) is 0 Å². The molecule has 0 bridgehead atoms. The smallest absolute Gasteiger partial charge is 0.125 e. The van der Waals surface area contributed by atoms with Gasteiger partial charge in [-0.05, 0) is 25.3 Å². The van der Waals surface area contributed by atoms with Gasteiger partial charge in [-0.3, -0.25) is 4.99 Å². The molecule has 0 fully saturated rings. The number of halogens is 1. The van der Waals surface area contributed by atoms with Crippen molar-refractivity contribution in [2.24, 2.45) is 4.99 Å². The molecule has 12 heavy (non-hydrogen) atoms. The fourth-order valence-electron chi connectivity index (χ4n) is 0.996. The van der Waals surface area contributed by atoms with Gasteiger partial charge in [0.05, 0.1) is 11.3 Å². The minimum atomic E-state index is -0.395. The van der Waals surface area contributed by atoms with E-state index in [-0.39, 0.29) is 0 Å².